The predicted molar refractivity (Wildman–Crippen MR) is 204 cm³/mol. The summed E-state index contributed by atoms with van der Waals surface area (Å²) < 4.78 is 39.4. The van der Waals surface area contributed by atoms with Crippen molar-refractivity contribution in [2.75, 3.05) is 18.1 Å². The Morgan fingerprint density at radius 2 is 1.68 bits per heavy atom. The molecule has 28 heteroatoms. The summed E-state index contributed by atoms with van der Waals surface area (Å²) in [5.74, 6) is -0.579. The monoisotopic (exact) mass is 887 g/mol. The number of aliphatic hydroxyl groups excluding tert-OH is 3. The van der Waals surface area contributed by atoms with E-state index in [-0.39, 0.29) is 30.2 Å². The molecule has 9 atom stereocenters. The lowest BCUT2D eigenvalue weighted by atomic mass is 9.99. The van der Waals surface area contributed by atoms with Crippen LogP contribution in [0.4, 0.5) is 11.6 Å². The molecule has 2 saturated heterocycles. The number of nitrogens with one attached hydrogen (secondary N) is 1. The summed E-state index contributed by atoms with van der Waals surface area (Å²) in [6.07, 6.45) is -5.06. The molecule has 4 aromatic rings. The molecule has 2 fully saturated rings. The molecule has 0 spiro atoms. The van der Waals surface area contributed by atoms with Gasteiger partial charge in [0, 0.05) is 22.1 Å². The Hall–Kier alpha value is -6.36. The number of aromatic nitrogens is 4. The molecule has 8 N–H and O–H groups in total. The van der Waals surface area contributed by atoms with Crippen LogP contribution in [0.1, 0.15) is 48.1 Å². The number of carbonyl (C=O) groups is 1. The van der Waals surface area contributed by atoms with Crippen LogP contribution in [0.3, 0.4) is 0 Å². The Labute approximate surface area is 351 Å². The highest BCUT2D eigenvalue weighted by molar-refractivity contribution is 7.73. The smallest absolute Gasteiger partial charge is 0.499 e. The van der Waals surface area contributed by atoms with E-state index in [0.29, 0.717) is 6.42 Å². The van der Waals surface area contributed by atoms with E-state index in [1.807, 2.05) is 37.3 Å². The van der Waals surface area contributed by atoms with Crippen LogP contribution in [0.2, 0.25) is 0 Å². The highest BCUT2D eigenvalue weighted by atomic mass is 32.2. The largest absolute Gasteiger partial charge is 0.750 e. The maximum atomic E-state index is 13.1. The quantitative estimate of drug-likeness (QED) is 0.0135. The topological polar surface area (TPSA) is 418 Å². The number of nitrogen functional groups attached to an aromatic ring is 2. The van der Waals surface area contributed by atoms with Crippen LogP contribution in [0.5, 0.6) is 0 Å². The lowest BCUT2D eigenvalue weighted by molar-refractivity contribution is -0.781. The maximum absolute atomic E-state index is 13.1. The second-order valence-corrected chi connectivity index (χ2v) is 13.4. The van der Waals surface area contributed by atoms with Gasteiger partial charge in [-0.1, -0.05) is 72.1 Å². The van der Waals surface area contributed by atoms with Gasteiger partial charge in [0.2, 0.25) is 12.0 Å². The number of benzene rings is 2. The molecule has 4 heterocycles. The van der Waals surface area contributed by atoms with Gasteiger partial charge in [-0.25, -0.2) is 23.6 Å². The number of esters is 1. The lowest BCUT2D eigenvalue weighted by Gasteiger charge is -2.29. The van der Waals surface area contributed by atoms with Crippen LogP contribution in [-0.2, 0) is 46.3 Å². The van der Waals surface area contributed by atoms with E-state index in [9.17, 15) is 35.2 Å². The van der Waals surface area contributed by atoms with Gasteiger partial charge in [0.05, 0.1) is 23.5 Å². The molecular weight excluding hydrogens is 849 g/mol. The molecule has 27 nitrogen and oxygen atoms in total. The molecule has 2 aliphatic heterocycles. The van der Waals surface area contributed by atoms with Crippen LogP contribution in [0.25, 0.3) is 20.9 Å². The number of anilines is 2. The number of nitrogens with zero attached hydrogens (tertiary/aromatic N) is 9. The molecule has 2 aromatic heterocycles. The first-order valence-electron chi connectivity index (χ1n) is 17.9. The SMILES string of the molecule is CCC[C@@]1(N=[N+]=[N-])O[C@@H](n2ccc(N)nc2=O)[C@H](OOCc2ccccc2)[C@@H]1OC(=O)c1ccccc1.O=S([O-])O[O-].[N-]=[N+]=N[C@]1(CO)O[C@@H]([n+]2ccc(N)[nH]c2=O)[C@H](O)[C@@H]1O. The minimum atomic E-state index is -2.88. The van der Waals surface area contributed by atoms with Gasteiger partial charge in [0.15, 0.2) is 30.0 Å². The Morgan fingerprint density at radius 3 is 2.24 bits per heavy atom. The van der Waals surface area contributed by atoms with E-state index in [2.05, 4.69) is 34.4 Å². The Kier molecular flexibility index (Phi) is 17.5. The zero-order valence-corrected chi connectivity index (χ0v) is 33.0. The summed E-state index contributed by atoms with van der Waals surface area (Å²) in [5, 5.41) is 44.6. The number of H-pyrrole nitrogens is 1. The normalized spacial score (nSPS) is 25.4. The fraction of sp³-hybridized carbons (Fsp3) is 0.382. The summed E-state index contributed by atoms with van der Waals surface area (Å²) >= 11 is -2.88. The highest BCUT2D eigenvalue weighted by Crippen LogP contribution is 2.45. The number of rotatable bonds is 14. The van der Waals surface area contributed by atoms with Gasteiger partial charge in [0.1, 0.15) is 30.8 Å². The Bertz CT molecular complexity index is 2350. The van der Waals surface area contributed by atoms with Crippen molar-refractivity contribution in [3.63, 3.8) is 0 Å². The molecule has 6 rings (SSSR count). The molecular formula is C34H39N12O15S-. The van der Waals surface area contributed by atoms with Crippen molar-refractivity contribution in [1.29, 1.82) is 0 Å². The van der Waals surface area contributed by atoms with Crippen LogP contribution in [0.15, 0.2) is 105 Å². The third kappa shape index (κ3) is 11.7. The van der Waals surface area contributed by atoms with Crippen molar-refractivity contribution >= 4 is 29.0 Å². The first-order valence-corrected chi connectivity index (χ1v) is 18.9. The van der Waals surface area contributed by atoms with Crippen LogP contribution < -0.4 is 32.7 Å². The highest BCUT2D eigenvalue weighted by Gasteiger charge is 2.60. The van der Waals surface area contributed by atoms with E-state index in [1.54, 1.807) is 30.3 Å². The molecule has 0 amide bonds. The summed E-state index contributed by atoms with van der Waals surface area (Å²) in [6.45, 7) is 1.04. The zero-order valence-electron chi connectivity index (χ0n) is 32.2. The van der Waals surface area contributed by atoms with Gasteiger partial charge in [-0.2, -0.15) is 19.3 Å². The molecule has 2 aromatic carbocycles. The van der Waals surface area contributed by atoms with E-state index < -0.39 is 83.6 Å². The number of ether oxygens (including phenoxy) is 3. The molecule has 62 heavy (non-hydrogen) atoms. The standard InChI is InChI=1S/C25H26N6O6.C9H12N6O5.H2O4S/c1-2-14-25(29-30-27)21(35-23(32)18-11-7-4-8-12-18)20(37-34-16-17-9-5-3-6-10-17)22(36-25)31-15-13-19(26)28-24(31)33;10-4-1-2-15(8(19)12-4)7-5(17)6(18)9(3-16,20-7)13-14-11;1-4-5(2)3/h3-13,15,20-22H,2,14,16H2,1H3,(H2,26,28,33);1-2,5-7,16-18H,3H2,(H2,10,12,19);1H,(H,2,3)/p-1/t20-,21+,22-,25-;5-,6+,7-,9-;/m11./s1. The molecule has 1 unspecified atom stereocenters. The van der Waals surface area contributed by atoms with Crippen LogP contribution >= 0.6 is 0 Å². The third-order valence-electron chi connectivity index (χ3n) is 8.86. The predicted octanol–water partition coefficient (Wildman–Crippen LogP) is -0.530. The fourth-order valence-electron chi connectivity index (χ4n) is 6.09. The fourth-order valence-corrected chi connectivity index (χ4v) is 6.09. The first-order chi connectivity index (χ1) is 29.7. The van der Waals surface area contributed by atoms with E-state index in [1.165, 1.54) is 24.5 Å². The van der Waals surface area contributed by atoms with Gasteiger partial charge in [-0.3, -0.25) is 4.57 Å². The molecule has 0 bridgehead atoms. The summed E-state index contributed by atoms with van der Waals surface area (Å²) in [6, 6.07) is 20.3. The van der Waals surface area contributed by atoms with Crippen LogP contribution in [0, 0.1) is 0 Å². The van der Waals surface area contributed by atoms with E-state index in [4.69, 9.17) is 55.0 Å². The number of aromatic amines is 1. The third-order valence-corrected chi connectivity index (χ3v) is 8.97. The Balaban J connectivity index is 0.000000282. The number of carbonyl (C=O) groups excluding carboxylic acids is 1. The minimum absolute atomic E-state index is 0.0129. The van der Waals surface area contributed by atoms with Crippen LogP contribution in [-0.4, -0.2) is 87.1 Å². The van der Waals surface area contributed by atoms with Gasteiger partial charge in [-0.05, 0) is 41.2 Å². The lowest BCUT2D eigenvalue weighted by Crippen LogP contribution is -2.58. The molecule has 0 saturated carbocycles. The average molecular weight is 888 g/mol. The van der Waals surface area contributed by atoms with Gasteiger partial charge in [0.25, 0.3) is 0 Å². The van der Waals surface area contributed by atoms with Gasteiger partial charge in [-0.15, -0.1) is 0 Å². The van der Waals surface area contributed by atoms with E-state index >= 15 is 0 Å². The number of hydrogen-bond acceptors (Lipinski definition) is 20. The maximum Gasteiger partial charge on any atom is 0.499 e. The summed E-state index contributed by atoms with van der Waals surface area (Å²) in [5.41, 5.74) is 24.8. The van der Waals surface area contributed by atoms with Gasteiger partial charge >= 0.3 is 17.3 Å². The van der Waals surface area contributed by atoms with Crippen molar-refractivity contribution in [2.45, 2.75) is 74.7 Å². The van der Waals surface area contributed by atoms with Gasteiger partial charge < -0.3 is 55.1 Å². The second-order valence-electron chi connectivity index (χ2n) is 12.9. The number of hydrogen-bond donors (Lipinski definition) is 6. The number of azide groups is 2. The van der Waals surface area contributed by atoms with Crippen molar-refractivity contribution in [2.24, 2.45) is 10.2 Å². The zero-order chi connectivity index (χ0) is 45.5. The van der Waals surface area contributed by atoms with Crippen molar-refractivity contribution in [3.8, 4) is 0 Å². The van der Waals surface area contributed by atoms with Crippen molar-refractivity contribution in [1.82, 2.24) is 14.5 Å². The summed E-state index contributed by atoms with van der Waals surface area (Å²) in [7, 11) is 0. The van der Waals surface area contributed by atoms with E-state index in [0.717, 1.165) is 14.7 Å². The molecule has 0 radical (unpaired) electrons. The van der Waals surface area contributed by atoms with Crippen molar-refractivity contribution in [3.05, 3.63) is 138 Å². The summed E-state index contributed by atoms with van der Waals surface area (Å²) in [4.78, 5) is 60.3. The number of aliphatic hydroxyl groups is 3. The first kappa shape index (κ1) is 48.3. The van der Waals surface area contributed by atoms with Crippen molar-refractivity contribution < 1.29 is 67.0 Å². The Morgan fingerprint density at radius 1 is 1.05 bits per heavy atom. The molecule has 332 valence electrons. The minimum Gasteiger partial charge on any atom is -0.750 e. The average Bonchev–Trinajstić information content (AvgIpc) is 3.68. The molecule has 0 aliphatic carbocycles. The number of nitrogens with two attached hydrogens (primary N) is 2. The second kappa shape index (κ2) is 22.5. The molecule has 2 aliphatic rings.